The van der Waals surface area contributed by atoms with Gasteiger partial charge in [-0.1, -0.05) is 17.7 Å². The van der Waals surface area contributed by atoms with Crippen LogP contribution in [0, 0.1) is 6.92 Å². The molecule has 1 atom stereocenters. The second kappa shape index (κ2) is 6.92. The van der Waals surface area contributed by atoms with Crippen molar-refractivity contribution in [1.29, 1.82) is 0 Å². The molecular weight excluding hydrogens is 354 g/mol. The van der Waals surface area contributed by atoms with E-state index in [-0.39, 0.29) is 30.0 Å². The lowest BCUT2D eigenvalue weighted by Gasteiger charge is -2.32. The number of benzene rings is 1. The monoisotopic (exact) mass is 375 g/mol. The molecule has 0 radical (unpaired) electrons. The number of pyridine rings is 1. The van der Waals surface area contributed by atoms with Crippen molar-refractivity contribution in [1.82, 2.24) is 14.8 Å². The van der Waals surface area contributed by atoms with Gasteiger partial charge < -0.3 is 10.6 Å². The van der Waals surface area contributed by atoms with Gasteiger partial charge in [-0.3, -0.25) is 14.3 Å². The van der Waals surface area contributed by atoms with Gasteiger partial charge in [0.15, 0.2) is 5.78 Å². The maximum Gasteiger partial charge on any atom is 0.276 e. The number of nitrogens with zero attached hydrogens (tertiary/aromatic N) is 4. The Kier molecular flexibility index (Phi) is 4.43. The zero-order valence-corrected chi connectivity index (χ0v) is 15.8. The van der Waals surface area contributed by atoms with Crippen LogP contribution in [-0.2, 0) is 6.42 Å². The second-order valence-electron chi connectivity index (χ2n) is 7.10. The Labute approximate surface area is 162 Å². The first-order valence-corrected chi connectivity index (χ1v) is 9.14. The minimum absolute atomic E-state index is 0.00122. The molecule has 1 aliphatic rings. The number of ketones is 1. The number of anilines is 2. The molecule has 7 heteroatoms. The molecule has 0 saturated heterocycles. The van der Waals surface area contributed by atoms with Crippen LogP contribution in [0.4, 0.5) is 11.5 Å². The molecule has 2 aromatic heterocycles. The summed E-state index contributed by atoms with van der Waals surface area (Å²) in [6.07, 6.45) is 3.19. The minimum atomic E-state index is -0.186. The first-order valence-electron chi connectivity index (χ1n) is 9.14. The fraction of sp³-hybridized carbons (Fsp3) is 0.238. The van der Waals surface area contributed by atoms with Crippen molar-refractivity contribution in [2.45, 2.75) is 26.3 Å². The van der Waals surface area contributed by atoms with Gasteiger partial charge >= 0.3 is 0 Å². The zero-order chi connectivity index (χ0) is 19.8. The Morgan fingerprint density at radius 2 is 2.00 bits per heavy atom. The Balaban J connectivity index is 1.67. The highest BCUT2D eigenvalue weighted by molar-refractivity contribution is 6.08. The number of hydrogen-bond donors (Lipinski definition) is 1. The van der Waals surface area contributed by atoms with E-state index in [4.69, 9.17) is 5.73 Å². The Morgan fingerprint density at radius 1 is 1.25 bits per heavy atom. The van der Waals surface area contributed by atoms with E-state index in [9.17, 15) is 9.59 Å². The van der Waals surface area contributed by atoms with E-state index in [1.165, 1.54) is 0 Å². The van der Waals surface area contributed by atoms with Gasteiger partial charge in [0.1, 0.15) is 11.5 Å². The highest BCUT2D eigenvalue weighted by Gasteiger charge is 2.33. The van der Waals surface area contributed by atoms with Crippen LogP contribution < -0.4 is 10.6 Å². The third-order valence-corrected chi connectivity index (χ3v) is 5.02. The Bertz CT molecular complexity index is 1050. The average Bonchev–Trinajstić information content (AvgIpc) is 3.10. The fourth-order valence-corrected chi connectivity index (χ4v) is 3.52. The molecule has 7 nitrogen and oxygen atoms in total. The summed E-state index contributed by atoms with van der Waals surface area (Å²) in [6, 6.07) is 11.2. The van der Waals surface area contributed by atoms with Crippen LogP contribution in [0.3, 0.4) is 0 Å². The molecule has 4 rings (SSSR count). The lowest BCUT2D eigenvalue weighted by molar-refractivity contribution is 0.0951. The van der Waals surface area contributed by atoms with Gasteiger partial charge in [-0.05, 0) is 38.1 Å². The normalized spacial score (nSPS) is 16.1. The van der Waals surface area contributed by atoms with Crippen molar-refractivity contribution in [3.63, 3.8) is 0 Å². The van der Waals surface area contributed by atoms with E-state index in [1.54, 1.807) is 34.1 Å². The summed E-state index contributed by atoms with van der Waals surface area (Å²) in [4.78, 5) is 31.7. The van der Waals surface area contributed by atoms with Gasteiger partial charge in [0.25, 0.3) is 5.91 Å². The summed E-state index contributed by atoms with van der Waals surface area (Å²) in [5, 5.41) is 4.37. The highest BCUT2D eigenvalue weighted by atomic mass is 16.2. The minimum Gasteiger partial charge on any atom is -0.383 e. The topological polar surface area (TPSA) is 94.1 Å². The molecule has 3 aromatic rings. The molecule has 0 bridgehead atoms. The molecule has 0 fully saturated rings. The van der Waals surface area contributed by atoms with Crippen molar-refractivity contribution < 1.29 is 9.59 Å². The van der Waals surface area contributed by atoms with Crippen molar-refractivity contribution in [2.24, 2.45) is 0 Å². The van der Waals surface area contributed by atoms with Crippen molar-refractivity contribution >= 4 is 23.2 Å². The molecule has 1 aliphatic heterocycles. The van der Waals surface area contributed by atoms with E-state index in [1.807, 2.05) is 38.1 Å². The standard InChI is InChI=1S/C21H21N5O2/c1-13-5-7-16(8-6-13)25-12-14(2)26-19(21(25)28)15(11-24-26)10-18(27)17-4-3-9-23-20(17)22/h3-9,11,14H,10,12H2,1-2H3,(H2,22,23)/t14-/m0/s1. The number of aromatic nitrogens is 3. The van der Waals surface area contributed by atoms with Crippen molar-refractivity contribution in [2.75, 3.05) is 17.2 Å². The number of aryl methyl sites for hydroxylation is 1. The maximum atomic E-state index is 13.2. The van der Waals surface area contributed by atoms with Crippen LogP contribution in [0.2, 0.25) is 0 Å². The Hall–Kier alpha value is -3.48. The fourth-order valence-electron chi connectivity index (χ4n) is 3.52. The van der Waals surface area contributed by atoms with Gasteiger partial charge in [-0.15, -0.1) is 0 Å². The van der Waals surface area contributed by atoms with E-state index >= 15 is 0 Å². The van der Waals surface area contributed by atoms with Gasteiger partial charge in [-0.25, -0.2) is 4.98 Å². The summed E-state index contributed by atoms with van der Waals surface area (Å²) in [5.41, 5.74) is 9.20. The molecule has 1 aromatic carbocycles. The Morgan fingerprint density at radius 3 is 2.71 bits per heavy atom. The maximum absolute atomic E-state index is 13.2. The third-order valence-electron chi connectivity index (χ3n) is 5.02. The van der Waals surface area contributed by atoms with Gasteiger partial charge in [0, 0.05) is 30.4 Å². The lowest BCUT2D eigenvalue weighted by atomic mass is 10.0. The van der Waals surface area contributed by atoms with Gasteiger partial charge in [-0.2, -0.15) is 5.10 Å². The summed E-state index contributed by atoms with van der Waals surface area (Å²) in [6.45, 7) is 4.54. The molecule has 0 unspecified atom stereocenters. The smallest absolute Gasteiger partial charge is 0.276 e. The van der Waals surface area contributed by atoms with Gasteiger partial charge in [0.2, 0.25) is 0 Å². The van der Waals surface area contributed by atoms with Crippen LogP contribution in [0.15, 0.2) is 48.8 Å². The van der Waals surface area contributed by atoms with Crippen LogP contribution >= 0.6 is 0 Å². The lowest BCUT2D eigenvalue weighted by Crippen LogP contribution is -2.43. The quantitative estimate of drug-likeness (QED) is 0.708. The molecule has 142 valence electrons. The number of amides is 1. The molecule has 0 spiro atoms. The third kappa shape index (κ3) is 3.05. The van der Waals surface area contributed by atoms with Crippen molar-refractivity contribution in [3.8, 4) is 0 Å². The molecular formula is C21H21N5O2. The zero-order valence-electron chi connectivity index (χ0n) is 15.8. The van der Waals surface area contributed by atoms with E-state index in [0.717, 1.165) is 11.3 Å². The predicted octanol–water partition coefficient (Wildman–Crippen LogP) is 2.82. The second-order valence-corrected chi connectivity index (χ2v) is 7.10. The predicted molar refractivity (Wildman–Crippen MR) is 106 cm³/mol. The number of rotatable bonds is 4. The number of fused-ring (bicyclic) bond motifs is 1. The SMILES string of the molecule is Cc1ccc(N2C[C@H](C)n3ncc(CC(=O)c4cccnc4N)c3C2=O)cc1. The molecule has 0 saturated carbocycles. The highest BCUT2D eigenvalue weighted by Crippen LogP contribution is 2.28. The molecule has 1 amide bonds. The van der Waals surface area contributed by atoms with Crippen LogP contribution in [-0.4, -0.2) is 33.0 Å². The first kappa shape index (κ1) is 17.9. The largest absolute Gasteiger partial charge is 0.383 e. The number of nitrogens with two attached hydrogens (primary N) is 1. The van der Waals surface area contributed by atoms with E-state index in [0.29, 0.717) is 23.4 Å². The summed E-state index contributed by atoms with van der Waals surface area (Å²) in [7, 11) is 0. The summed E-state index contributed by atoms with van der Waals surface area (Å²) in [5.74, 6) is -0.148. The average molecular weight is 375 g/mol. The van der Waals surface area contributed by atoms with Crippen LogP contribution in [0.5, 0.6) is 0 Å². The number of carbonyl (C=O) groups excluding carboxylic acids is 2. The van der Waals surface area contributed by atoms with Gasteiger partial charge in [0.05, 0.1) is 17.8 Å². The van der Waals surface area contributed by atoms with Crippen LogP contribution in [0.1, 0.15) is 44.9 Å². The number of Topliss-reactive ketones (excluding diaryl/α,β-unsaturated/α-hetero) is 1. The first-order chi connectivity index (χ1) is 13.5. The molecule has 2 N–H and O–H groups in total. The molecule has 3 heterocycles. The van der Waals surface area contributed by atoms with Crippen molar-refractivity contribution in [3.05, 3.63) is 71.2 Å². The molecule has 0 aliphatic carbocycles. The number of nitrogen functional groups attached to an aromatic ring is 1. The summed E-state index contributed by atoms with van der Waals surface area (Å²) >= 11 is 0. The van der Waals surface area contributed by atoms with E-state index < -0.39 is 0 Å². The number of hydrogen-bond acceptors (Lipinski definition) is 5. The summed E-state index contributed by atoms with van der Waals surface area (Å²) < 4.78 is 1.71. The number of carbonyl (C=O) groups is 2. The molecule has 28 heavy (non-hydrogen) atoms. The van der Waals surface area contributed by atoms with E-state index in [2.05, 4.69) is 10.1 Å². The van der Waals surface area contributed by atoms with Crippen LogP contribution in [0.25, 0.3) is 0 Å².